The van der Waals surface area contributed by atoms with Gasteiger partial charge in [0.25, 0.3) is 0 Å². The number of fused-ring (bicyclic) bond motifs is 1. The Kier molecular flexibility index (Phi) is 3.86. The van der Waals surface area contributed by atoms with Gasteiger partial charge < -0.3 is 0 Å². The molecule has 0 spiro atoms. The summed E-state index contributed by atoms with van der Waals surface area (Å²) in [5.74, 6) is 1.30. The molecule has 3 heterocycles. The number of nitrogens with one attached hydrogen (secondary N) is 1. The first-order valence-corrected chi connectivity index (χ1v) is 8.83. The fourth-order valence-electron chi connectivity index (χ4n) is 2.56. The predicted octanol–water partition coefficient (Wildman–Crippen LogP) is 3.48. The van der Waals surface area contributed by atoms with E-state index in [1.807, 2.05) is 10.6 Å². The highest BCUT2D eigenvalue weighted by atomic mass is 32.1. The minimum Gasteiger partial charge on any atom is -0.282 e. The van der Waals surface area contributed by atoms with Crippen LogP contribution < -0.4 is 0 Å². The Morgan fingerprint density at radius 2 is 1.96 bits per heavy atom. The number of hydrogen-bond donors (Lipinski definition) is 1. The Hall–Kier alpha value is -2.54. The molecule has 0 radical (unpaired) electrons. The molecule has 0 bridgehead atoms. The van der Waals surface area contributed by atoms with Crippen LogP contribution in [-0.2, 0) is 12.8 Å². The van der Waals surface area contributed by atoms with Crippen LogP contribution in [0.15, 0.2) is 36.4 Å². The number of aromatic nitrogens is 6. The van der Waals surface area contributed by atoms with E-state index in [2.05, 4.69) is 69.7 Å². The zero-order chi connectivity index (χ0) is 16.5. The van der Waals surface area contributed by atoms with Crippen LogP contribution >= 0.6 is 11.3 Å². The lowest BCUT2D eigenvalue weighted by Crippen LogP contribution is -1.99. The van der Waals surface area contributed by atoms with E-state index in [0.717, 1.165) is 40.0 Å². The third kappa shape index (κ3) is 2.82. The van der Waals surface area contributed by atoms with Gasteiger partial charge in [-0.1, -0.05) is 55.5 Å². The average molecular weight is 338 g/mol. The van der Waals surface area contributed by atoms with Gasteiger partial charge in [0, 0.05) is 12.1 Å². The average Bonchev–Trinajstić information content (AvgIpc) is 3.29. The summed E-state index contributed by atoms with van der Waals surface area (Å²) in [6.45, 7) is 4.27. The van der Waals surface area contributed by atoms with Gasteiger partial charge in [-0.3, -0.25) is 5.10 Å². The Bertz CT molecular complexity index is 950. The van der Waals surface area contributed by atoms with Crippen molar-refractivity contribution in [2.75, 3.05) is 0 Å². The number of rotatable bonds is 5. The quantitative estimate of drug-likeness (QED) is 0.605. The lowest BCUT2D eigenvalue weighted by atomic mass is 10.1. The van der Waals surface area contributed by atoms with E-state index in [1.54, 1.807) is 0 Å². The fraction of sp³-hybridized carbons (Fsp3) is 0.294. The molecule has 0 aliphatic rings. The second-order valence-corrected chi connectivity index (χ2v) is 7.02. The lowest BCUT2D eigenvalue weighted by molar-refractivity contribution is 0.792. The van der Waals surface area contributed by atoms with Crippen molar-refractivity contribution in [2.24, 2.45) is 0 Å². The summed E-state index contributed by atoms with van der Waals surface area (Å²) in [7, 11) is 0. The fourth-order valence-corrected chi connectivity index (χ4v) is 3.38. The Morgan fingerprint density at radius 3 is 2.71 bits per heavy atom. The first-order valence-electron chi connectivity index (χ1n) is 8.01. The highest BCUT2D eigenvalue weighted by Crippen LogP contribution is 2.26. The number of H-pyrrole nitrogens is 1. The van der Waals surface area contributed by atoms with Crippen LogP contribution in [0.2, 0.25) is 0 Å². The molecule has 0 atom stereocenters. The van der Waals surface area contributed by atoms with Gasteiger partial charge in [-0.15, -0.1) is 10.2 Å². The van der Waals surface area contributed by atoms with Gasteiger partial charge in [0.1, 0.15) is 5.69 Å². The Labute approximate surface area is 143 Å². The molecular weight excluding hydrogens is 320 g/mol. The normalized spacial score (nSPS) is 11.6. The highest BCUT2D eigenvalue weighted by molar-refractivity contribution is 7.19. The van der Waals surface area contributed by atoms with Crippen molar-refractivity contribution in [2.45, 2.75) is 32.6 Å². The van der Waals surface area contributed by atoms with Crippen LogP contribution in [-0.4, -0.2) is 30.0 Å². The largest absolute Gasteiger partial charge is 0.282 e. The number of hydrogen-bond acceptors (Lipinski definition) is 5. The second kappa shape index (κ2) is 6.16. The summed E-state index contributed by atoms with van der Waals surface area (Å²) in [5, 5.41) is 21.5. The van der Waals surface area contributed by atoms with E-state index >= 15 is 0 Å². The lowest BCUT2D eigenvalue weighted by Gasteiger charge is -1.98. The topological polar surface area (TPSA) is 71.8 Å². The number of aryl methyl sites for hydroxylation is 2. The number of benzene rings is 1. The van der Waals surface area contributed by atoms with Crippen molar-refractivity contribution in [1.82, 2.24) is 30.0 Å². The summed E-state index contributed by atoms with van der Waals surface area (Å²) in [4.78, 5) is 0.808. The predicted molar refractivity (Wildman–Crippen MR) is 94.2 cm³/mol. The van der Waals surface area contributed by atoms with E-state index < -0.39 is 0 Å². The standard InChI is InChI=1S/C17H18N6S/c1-11(2)13-10-14(19-18-13)16-22-23-15(20-21-17(23)24-16)9-8-12-6-4-3-5-7-12/h3-7,10-11H,8-9H2,1-2H3,(H,18,19). The van der Waals surface area contributed by atoms with Crippen molar-refractivity contribution in [1.29, 1.82) is 0 Å². The van der Waals surface area contributed by atoms with E-state index in [1.165, 1.54) is 16.9 Å². The molecule has 0 saturated heterocycles. The van der Waals surface area contributed by atoms with Crippen LogP contribution in [0.25, 0.3) is 15.7 Å². The van der Waals surface area contributed by atoms with E-state index in [4.69, 9.17) is 0 Å². The second-order valence-electron chi connectivity index (χ2n) is 6.07. The maximum atomic E-state index is 4.66. The smallest absolute Gasteiger partial charge is 0.235 e. The third-order valence-electron chi connectivity index (χ3n) is 3.97. The first kappa shape index (κ1) is 15.0. The summed E-state index contributed by atoms with van der Waals surface area (Å²) in [6, 6.07) is 12.4. The zero-order valence-electron chi connectivity index (χ0n) is 13.6. The molecule has 0 unspecified atom stereocenters. The molecule has 6 nitrogen and oxygen atoms in total. The molecule has 122 valence electrons. The molecule has 0 fully saturated rings. The molecule has 0 aliphatic carbocycles. The molecule has 3 aromatic heterocycles. The van der Waals surface area contributed by atoms with Gasteiger partial charge in [-0.2, -0.15) is 14.7 Å². The van der Waals surface area contributed by atoms with Crippen LogP contribution in [0.1, 0.15) is 36.8 Å². The summed E-state index contributed by atoms with van der Waals surface area (Å²) >= 11 is 1.51. The van der Waals surface area contributed by atoms with Gasteiger partial charge >= 0.3 is 0 Å². The van der Waals surface area contributed by atoms with Crippen LogP contribution in [0, 0.1) is 0 Å². The molecule has 0 amide bonds. The summed E-state index contributed by atoms with van der Waals surface area (Å²) in [5.41, 5.74) is 3.27. The monoisotopic (exact) mass is 338 g/mol. The molecule has 0 saturated carbocycles. The number of aromatic amines is 1. The molecule has 1 aromatic carbocycles. The van der Waals surface area contributed by atoms with Gasteiger partial charge in [0.15, 0.2) is 10.8 Å². The van der Waals surface area contributed by atoms with E-state index in [-0.39, 0.29) is 0 Å². The SMILES string of the molecule is CC(C)c1cc(-c2nn3c(CCc4ccccc4)nnc3s2)n[nH]1. The first-order chi connectivity index (χ1) is 11.7. The highest BCUT2D eigenvalue weighted by Gasteiger charge is 2.15. The van der Waals surface area contributed by atoms with Crippen molar-refractivity contribution >= 4 is 16.3 Å². The van der Waals surface area contributed by atoms with Crippen molar-refractivity contribution in [3.63, 3.8) is 0 Å². The zero-order valence-corrected chi connectivity index (χ0v) is 14.4. The summed E-state index contributed by atoms with van der Waals surface area (Å²) in [6.07, 6.45) is 1.74. The minimum absolute atomic E-state index is 0.415. The molecule has 24 heavy (non-hydrogen) atoms. The molecule has 4 aromatic rings. The number of nitrogens with zero attached hydrogens (tertiary/aromatic N) is 5. The molecule has 1 N–H and O–H groups in total. The van der Waals surface area contributed by atoms with Crippen molar-refractivity contribution < 1.29 is 0 Å². The van der Waals surface area contributed by atoms with Crippen LogP contribution in [0.5, 0.6) is 0 Å². The van der Waals surface area contributed by atoms with E-state index in [0.29, 0.717) is 5.92 Å². The maximum absolute atomic E-state index is 4.66. The van der Waals surface area contributed by atoms with Gasteiger partial charge in [0.05, 0.1) is 0 Å². The van der Waals surface area contributed by atoms with Gasteiger partial charge in [-0.05, 0) is 24.0 Å². The molecule has 0 aliphatic heterocycles. The minimum atomic E-state index is 0.415. The van der Waals surface area contributed by atoms with Gasteiger partial charge in [-0.25, -0.2) is 0 Å². The van der Waals surface area contributed by atoms with Gasteiger partial charge in [0.2, 0.25) is 4.96 Å². The van der Waals surface area contributed by atoms with Crippen molar-refractivity contribution in [3.05, 3.63) is 53.5 Å². The van der Waals surface area contributed by atoms with Crippen LogP contribution in [0.3, 0.4) is 0 Å². The Balaban J connectivity index is 1.58. The van der Waals surface area contributed by atoms with Crippen LogP contribution in [0.4, 0.5) is 0 Å². The van der Waals surface area contributed by atoms with Crippen molar-refractivity contribution in [3.8, 4) is 10.7 Å². The summed E-state index contributed by atoms with van der Waals surface area (Å²) < 4.78 is 1.84. The van der Waals surface area contributed by atoms with E-state index in [9.17, 15) is 0 Å². The molecule has 4 rings (SSSR count). The third-order valence-corrected chi connectivity index (χ3v) is 4.90. The maximum Gasteiger partial charge on any atom is 0.235 e. The Morgan fingerprint density at radius 1 is 1.12 bits per heavy atom. The molecule has 7 heteroatoms. The molecular formula is C17H18N6S.